The van der Waals surface area contributed by atoms with E-state index in [-0.39, 0.29) is 17.8 Å². The van der Waals surface area contributed by atoms with Gasteiger partial charge >= 0.3 is 6.09 Å². The quantitative estimate of drug-likeness (QED) is 0.750. The first kappa shape index (κ1) is 17.5. The van der Waals surface area contributed by atoms with Crippen molar-refractivity contribution in [3.63, 3.8) is 0 Å². The van der Waals surface area contributed by atoms with Crippen molar-refractivity contribution in [2.45, 2.75) is 31.8 Å². The van der Waals surface area contributed by atoms with Crippen molar-refractivity contribution in [1.29, 1.82) is 5.26 Å². The molecule has 26 heavy (non-hydrogen) atoms. The fourth-order valence-electron chi connectivity index (χ4n) is 3.13. The second kappa shape index (κ2) is 7.26. The van der Waals surface area contributed by atoms with Crippen LogP contribution in [0.25, 0.3) is 0 Å². The van der Waals surface area contributed by atoms with Crippen LogP contribution in [0.15, 0.2) is 18.6 Å². The third-order valence-corrected chi connectivity index (χ3v) is 4.42. The first-order valence-electron chi connectivity index (χ1n) is 8.27. The number of hydrogen-bond acceptors (Lipinski definition) is 7. The van der Waals surface area contributed by atoms with Gasteiger partial charge in [0.25, 0.3) is 0 Å². The number of carbonyl (C=O) groups is 1. The fraction of sp³-hybridized carbons (Fsp3) is 0.438. The van der Waals surface area contributed by atoms with E-state index >= 15 is 0 Å². The lowest BCUT2D eigenvalue weighted by atomic mass is 9.97. The standard InChI is InChI=1S/C16H20N8O2/c1-10-12(21-16(25)26)4-3-5-24(10)14-8-18-13(6-17)15(22-14)20-11-7-19-23(2)9-11/h7-10,12,21H,3-5H2,1-2H3,(H,20,22)(H,25,26)/t10-,12-/m1/s1. The van der Waals surface area contributed by atoms with Crippen LogP contribution in [0.5, 0.6) is 0 Å². The van der Waals surface area contributed by atoms with Gasteiger partial charge in [0.2, 0.25) is 0 Å². The highest BCUT2D eigenvalue weighted by Crippen LogP contribution is 2.26. The molecule has 0 aliphatic carbocycles. The Balaban J connectivity index is 1.86. The van der Waals surface area contributed by atoms with E-state index in [2.05, 4.69) is 25.7 Å². The van der Waals surface area contributed by atoms with Crippen LogP contribution in [0.4, 0.5) is 22.1 Å². The summed E-state index contributed by atoms with van der Waals surface area (Å²) in [5, 5.41) is 28.0. The average molecular weight is 356 g/mol. The summed E-state index contributed by atoms with van der Waals surface area (Å²) < 4.78 is 1.64. The molecule has 0 saturated carbocycles. The molecule has 3 N–H and O–H groups in total. The van der Waals surface area contributed by atoms with Crippen LogP contribution < -0.4 is 15.5 Å². The molecule has 0 radical (unpaired) electrons. The van der Waals surface area contributed by atoms with Crippen LogP contribution in [0, 0.1) is 11.3 Å². The Morgan fingerprint density at radius 1 is 1.46 bits per heavy atom. The zero-order valence-electron chi connectivity index (χ0n) is 14.5. The Bertz CT molecular complexity index is 843. The Labute approximate surface area is 150 Å². The minimum absolute atomic E-state index is 0.0756. The van der Waals surface area contributed by atoms with Crippen LogP contribution in [-0.4, -0.2) is 49.6 Å². The summed E-state index contributed by atoms with van der Waals surface area (Å²) in [6.45, 7) is 2.69. The largest absolute Gasteiger partial charge is 0.465 e. The van der Waals surface area contributed by atoms with Crippen molar-refractivity contribution >= 4 is 23.4 Å². The van der Waals surface area contributed by atoms with Gasteiger partial charge in [0.15, 0.2) is 11.5 Å². The van der Waals surface area contributed by atoms with E-state index < -0.39 is 6.09 Å². The number of carboxylic acid groups (broad SMARTS) is 1. The summed E-state index contributed by atoms with van der Waals surface area (Å²) in [5.74, 6) is 0.943. The molecule has 0 spiro atoms. The van der Waals surface area contributed by atoms with E-state index in [4.69, 9.17) is 5.11 Å². The minimum atomic E-state index is -1.03. The van der Waals surface area contributed by atoms with E-state index in [1.54, 1.807) is 30.3 Å². The van der Waals surface area contributed by atoms with Gasteiger partial charge in [-0.25, -0.2) is 14.8 Å². The third-order valence-electron chi connectivity index (χ3n) is 4.42. The van der Waals surface area contributed by atoms with E-state index in [1.807, 2.05) is 17.9 Å². The predicted molar refractivity (Wildman–Crippen MR) is 94.2 cm³/mol. The first-order valence-corrected chi connectivity index (χ1v) is 8.27. The summed E-state index contributed by atoms with van der Waals surface area (Å²) in [5.41, 5.74) is 0.884. The van der Waals surface area contributed by atoms with Crippen molar-refractivity contribution in [3.05, 3.63) is 24.3 Å². The van der Waals surface area contributed by atoms with Gasteiger partial charge in [-0.1, -0.05) is 0 Å². The first-order chi connectivity index (χ1) is 12.5. The van der Waals surface area contributed by atoms with Crippen molar-refractivity contribution < 1.29 is 9.90 Å². The number of amides is 1. The molecule has 1 fully saturated rings. The predicted octanol–water partition coefficient (Wildman–Crippen LogP) is 1.45. The monoisotopic (exact) mass is 356 g/mol. The van der Waals surface area contributed by atoms with E-state index in [9.17, 15) is 10.1 Å². The maximum atomic E-state index is 11.0. The van der Waals surface area contributed by atoms with Crippen molar-refractivity contribution in [1.82, 2.24) is 25.1 Å². The minimum Gasteiger partial charge on any atom is -0.465 e. The molecule has 136 valence electrons. The second-order valence-electron chi connectivity index (χ2n) is 6.20. The van der Waals surface area contributed by atoms with Crippen LogP contribution in [-0.2, 0) is 7.05 Å². The zero-order valence-corrected chi connectivity index (χ0v) is 14.5. The molecule has 1 aliphatic heterocycles. The van der Waals surface area contributed by atoms with Gasteiger partial charge in [-0.05, 0) is 19.8 Å². The van der Waals surface area contributed by atoms with Crippen molar-refractivity contribution in [3.8, 4) is 6.07 Å². The lowest BCUT2D eigenvalue weighted by Gasteiger charge is -2.39. The lowest BCUT2D eigenvalue weighted by Crippen LogP contribution is -2.54. The number of nitriles is 1. The molecule has 1 saturated heterocycles. The second-order valence-corrected chi connectivity index (χ2v) is 6.20. The molecule has 10 heteroatoms. The fourth-order valence-corrected chi connectivity index (χ4v) is 3.13. The SMILES string of the molecule is C[C@@H]1[C@H](NC(=O)O)CCCN1c1cnc(C#N)c(Nc2cnn(C)c2)n1. The average Bonchev–Trinajstić information content (AvgIpc) is 3.01. The van der Waals surface area contributed by atoms with Gasteiger partial charge in [0.05, 0.1) is 24.1 Å². The molecule has 3 heterocycles. The number of aryl methyl sites for hydroxylation is 1. The molecular formula is C16H20N8O2. The van der Waals surface area contributed by atoms with E-state index in [0.717, 1.165) is 19.4 Å². The van der Waals surface area contributed by atoms with Gasteiger partial charge < -0.3 is 20.6 Å². The highest BCUT2D eigenvalue weighted by Gasteiger charge is 2.30. The number of piperidine rings is 1. The summed E-state index contributed by atoms with van der Waals surface area (Å²) in [6, 6.07) is 1.76. The molecule has 10 nitrogen and oxygen atoms in total. The number of nitrogens with zero attached hydrogens (tertiary/aromatic N) is 6. The summed E-state index contributed by atoms with van der Waals surface area (Å²) >= 11 is 0. The van der Waals surface area contributed by atoms with E-state index in [0.29, 0.717) is 17.3 Å². The Kier molecular flexibility index (Phi) is 4.88. The Morgan fingerprint density at radius 2 is 2.27 bits per heavy atom. The van der Waals surface area contributed by atoms with Gasteiger partial charge in [0, 0.05) is 25.8 Å². The highest BCUT2D eigenvalue weighted by atomic mass is 16.4. The van der Waals surface area contributed by atoms with Gasteiger partial charge in [-0.2, -0.15) is 10.4 Å². The zero-order chi connectivity index (χ0) is 18.7. The van der Waals surface area contributed by atoms with E-state index in [1.165, 1.54) is 0 Å². The summed E-state index contributed by atoms with van der Waals surface area (Å²) in [7, 11) is 1.80. The molecule has 1 amide bonds. The molecule has 3 rings (SSSR count). The van der Waals surface area contributed by atoms with Crippen molar-refractivity contribution in [2.24, 2.45) is 7.05 Å². The lowest BCUT2D eigenvalue weighted by molar-refractivity contribution is 0.184. The number of rotatable bonds is 4. The molecule has 0 aromatic carbocycles. The van der Waals surface area contributed by atoms with Gasteiger partial charge in [0.1, 0.15) is 11.9 Å². The molecular weight excluding hydrogens is 336 g/mol. The van der Waals surface area contributed by atoms with Crippen LogP contribution in [0.3, 0.4) is 0 Å². The molecule has 2 atom stereocenters. The molecule has 2 aromatic heterocycles. The third kappa shape index (κ3) is 3.66. The smallest absolute Gasteiger partial charge is 0.404 e. The number of nitrogens with one attached hydrogen (secondary N) is 2. The van der Waals surface area contributed by atoms with Crippen LogP contribution in [0.1, 0.15) is 25.5 Å². The van der Waals surface area contributed by atoms with Crippen LogP contribution >= 0.6 is 0 Å². The topological polar surface area (TPSA) is 132 Å². The van der Waals surface area contributed by atoms with Crippen LogP contribution in [0.2, 0.25) is 0 Å². The maximum Gasteiger partial charge on any atom is 0.404 e. The van der Waals surface area contributed by atoms with Gasteiger partial charge in [-0.3, -0.25) is 4.68 Å². The molecule has 1 aliphatic rings. The van der Waals surface area contributed by atoms with Gasteiger partial charge in [-0.15, -0.1) is 0 Å². The Morgan fingerprint density at radius 3 is 2.92 bits per heavy atom. The summed E-state index contributed by atoms with van der Waals surface area (Å²) in [4.78, 5) is 21.8. The summed E-state index contributed by atoms with van der Waals surface area (Å²) in [6.07, 6.45) is 5.52. The molecule has 0 unspecified atom stereocenters. The normalized spacial score (nSPS) is 19.7. The number of anilines is 3. The Hall–Kier alpha value is -3.35. The van der Waals surface area contributed by atoms with Crippen molar-refractivity contribution in [2.75, 3.05) is 16.8 Å². The molecule has 0 bridgehead atoms. The maximum absolute atomic E-state index is 11.0. The molecule has 2 aromatic rings. The highest BCUT2D eigenvalue weighted by molar-refractivity contribution is 5.65. The number of aromatic nitrogens is 4. The number of hydrogen-bond donors (Lipinski definition) is 3.